The topological polar surface area (TPSA) is 92.5 Å². The van der Waals surface area contributed by atoms with Gasteiger partial charge in [0.05, 0.1) is 12.0 Å². The third kappa shape index (κ3) is 4.27. The van der Waals surface area contributed by atoms with Gasteiger partial charge in [0.1, 0.15) is 5.75 Å². The van der Waals surface area contributed by atoms with Gasteiger partial charge < -0.3 is 9.84 Å². The van der Waals surface area contributed by atoms with E-state index in [2.05, 4.69) is 20.8 Å². The van der Waals surface area contributed by atoms with Gasteiger partial charge in [-0.15, -0.1) is 0 Å². The number of allylic oxidation sites excluding steroid dienone is 1. The van der Waals surface area contributed by atoms with E-state index in [1.807, 2.05) is 12.1 Å². The minimum atomic E-state index is -0.793. The van der Waals surface area contributed by atoms with Gasteiger partial charge in [0.25, 0.3) is 5.69 Å². The molecule has 2 aromatic rings. The van der Waals surface area contributed by atoms with Gasteiger partial charge in [0.2, 0.25) is 0 Å². The summed E-state index contributed by atoms with van der Waals surface area (Å²) in [7, 11) is 1.26. The first-order valence-electron chi connectivity index (χ1n) is 8.00. The first kappa shape index (κ1) is 19.2. The lowest BCUT2D eigenvalue weighted by atomic mass is 9.86. The largest absolute Gasteiger partial charge is 0.865 e. The summed E-state index contributed by atoms with van der Waals surface area (Å²) >= 11 is 0. The molecule has 0 atom stereocenters. The normalized spacial score (nSPS) is 11.5. The van der Waals surface area contributed by atoms with Gasteiger partial charge in [-0.1, -0.05) is 51.1 Å². The van der Waals surface area contributed by atoms with Crippen molar-refractivity contribution in [2.24, 2.45) is 0 Å². The van der Waals surface area contributed by atoms with Crippen molar-refractivity contribution < 1.29 is 19.6 Å². The smallest absolute Gasteiger partial charge is 0.266 e. The van der Waals surface area contributed by atoms with E-state index in [0.29, 0.717) is 11.1 Å². The lowest BCUT2D eigenvalue weighted by Gasteiger charge is -2.18. The molecule has 0 N–H and O–H groups in total. The average Bonchev–Trinajstić information content (AvgIpc) is 2.59. The van der Waals surface area contributed by atoms with Gasteiger partial charge in [-0.3, -0.25) is 14.9 Å². The number of hydrogen-bond acceptors (Lipinski definition) is 5. The van der Waals surface area contributed by atoms with Crippen molar-refractivity contribution in [1.29, 1.82) is 0 Å². The molecule has 0 amide bonds. The van der Waals surface area contributed by atoms with Crippen molar-refractivity contribution in [3.63, 3.8) is 0 Å². The number of carbonyl (C=O) groups excluding carboxylic acids is 1. The summed E-state index contributed by atoms with van der Waals surface area (Å²) < 4.78 is 4.88. The zero-order chi connectivity index (χ0) is 19.5. The maximum Gasteiger partial charge on any atom is 0.266 e. The van der Waals surface area contributed by atoms with Crippen LogP contribution in [0, 0.1) is 10.1 Å². The number of methoxy groups -OCH3 is 1. The SMILES string of the molecule is COc1cc(/C=C/C(=O)c2ccc(C(C)(C)C)cc2)cc([N+](=O)[O-])c1[O-]. The molecule has 0 aliphatic rings. The molecular weight excluding hydrogens is 334 g/mol. The van der Waals surface area contributed by atoms with E-state index in [0.717, 1.165) is 11.6 Å². The Morgan fingerprint density at radius 2 is 1.77 bits per heavy atom. The standard InChI is InChI=1S/C20H21NO5/c1-20(2,3)15-8-6-14(7-9-15)17(22)10-5-13-11-16(21(24)25)19(23)18(12-13)26-4/h5-12,23H,1-4H3/p-1/b10-5+. The van der Waals surface area contributed by atoms with E-state index < -0.39 is 16.4 Å². The predicted molar refractivity (Wildman–Crippen MR) is 97.6 cm³/mol. The summed E-state index contributed by atoms with van der Waals surface area (Å²) in [5.74, 6) is -1.17. The maximum atomic E-state index is 12.3. The third-order valence-corrected chi connectivity index (χ3v) is 3.94. The minimum absolute atomic E-state index is 0.00696. The molecule has 0 heterocycles. The highest BCUT2D eigenvalue weighted by atomic mass is 16.6. The van der Waals surface area contributed by atoms with E-state index in [1.54, 1.807) is 12.1 Å². The number of ether oxygens (including phenoxy) is 1. The Kier molecular flexibility index (Phi) is 5.45. The van der Waals surface area contributed by atoms with Crippen molar-refractivity contribution in [2.45, 2.75) is 26.2 Å². The molecule has 6 nitrogen and oxygen atoms in total. The second-order valence-corrected chi connectivity index (χ2v) is 6.85. The molecule has 6 heteroatoms. The number of carbonyl (C=O) groups is 1. The van der Waals surface area contributed by atoms with Crippen molar-refractivity contribution in [3.8, 4) is 11.5 Å². The van der Waals surface area contributed by atoms with Crippen molar-refractivity contribution in [3.05, 3.63) is 69.3 Å². The van der Waals surface area contributed by atoms with Crippen LogP contribution in [-0.4, -0.2) is 17.8 Å². The zero-order valence-electron chi connectivity index (χ0n) is 15.1. The van der Waals surface area contributed by atoms with Crippen LogP contribution in [0.3, 0.4) is 0 Å². The fourth-order valence-corrected chi connectivity index (χ4v) is 2.39. The van der Waals surface area contributed by atoms with Crippen LogP contribution in [0.2, 0.25) is 0 Å². The van der Waals surface area contributed by atoms with Crippen LogP contribution in [0.25, 0.3) is 6.08 Å². The fourth-order valence-electron chi connectivity index (χ4n) is 2.39. The van der Waals surface area contributed by atoms with Gasteiger partial charge in [-0.05, 0) is 28.7 Å². The molecule has 0 aromatic heterocycles. The van der Waals surface area contributed by atoms with E-state index in [4.69, 9.17) is 4.74 Å². The molecule has 2 aromatic carbocycles. The van der Waals surface area contributed by atoms with Crippen LogP contribution < -0.4 is 9.84 Å². The summed E-state index contributed by atoms with van der Waals surface area (Å²) in [6.45, 7) is 6.26. The van der Waals surface area contributed by atoms with Crippen LogP contribution in [0.15, 0.2) is 42.5 Å². The highest BCUT2D eigenvalue weighted by molar-refractivity contribution is 6.06. The molecule has 0 aliphatic heterocycles. The molecule has 136 valence electrons. The van der Waals surface area contributed by atoms with Crippen LogP contribution in [-0.2, 0) is 5.41 Å². The fraction of sp³-hybridized carbons (Fsp3) is 0.250. The number of nitro benzene ring substituents is 1. The molecule has 0 saturated carbocycles. The summed E-state index contributed by atoms with van der Waals surface area (Å²) in [4.78, 5) is 22.5. The Balaban J connectivity index is 2.28. The van der Waals surface area contributed by atoms with Crippen molar-refractivity contribution in [2.75, 3.05) is 7.11 Å². The van der Waals surface area contributed by atoms with E-state index in [9.17, 15) is 20.0 Å². The highest BCUT2D eigenvalue weighted by Gasteiger charge is 2.14. The lowest BCUT2D eigenvalue weighted by molar-refractivity contribution is -0.398. The van der Waals surface area contributed by atoms with Crippen molar-refractivity contribution in [1.82, 2.24) is 0 Å². The van der Waals surface area contributed by atoms with Crippen LogP contribution in [0.5, 0.6) is 11.5 Å². The molecule has 0 bridgehead atoms. The number of nitro groups is 1. The summed E-state index contributed by atoms with van der Waals surface area (Å²) in [5, 5.41) is 22.8. The first-order valence-corrected chi connectivity index (χ1v) is 8.00. The Labute approximate surface area is 151 Å². The highest BCUT2D eigenvalue weighted by Crippen LogP contribution is 2.34. The predicted octanol–water partition coefficient (Wildman–Crippen LogP) is 3.87. The Morgan fingerprint density at radius 1 is 1.15 bits per heavy atom. The molecular formula is C20H20NO5-. The summed E-state index contributed by atoms with van der Waals surface area (Å²) in [6.07, 6.45) is 2.74. The van der Waals surface area contributed by atoms with Gasteiger partial charge in [-0.2, -0.15) is 0 Å². The second kappa shape index (κ2) is 7.39. The quantitative estimate of drug-likeness (QED) is 0.352. The third-order valence-electron chi connectivity index (χ3n) is 3.94. The zero-order valence-corrected chi connectivity index (χ0v) is 15.1. The van der Waals surface area contributed by atoms with Crippen LogP contribution >= 0.6 is 0 Å². The van der Waals surface area contributed by atoms with Crippen molar-refractivity contribution >= 4 is 17.5 Å². The van der Waals surface area contributed by atoms with E-state index >= 15 is 0 Å². The Bertz CT molecular complexity index is 861. The summed E-state index contributed by atoms with van der Waals surface area (Å²) in [6, 6.07) is 9.79. The Morgan fingerprint density at radius 3 is 2.27 bits per heavy atom. The molecule has 0 saturated heterocycles. The van der Waals surface area contributed by atoms with Crippen LogP contribution in [0.4, 0.5) is 5.69 Å². The molecule has 0 radical (unpaired) electrons. The molecule has 26 heavy (non-hydrogen) atoms. The maximum absolute atomic E-state index is 12.3. The number of ketones is 1. The Hall–Kier alpha value is -3.15. The first-order chi connectivity index (χ1) is 12.1. The lowest BCUT2D eigenvalue weighted by Crippen LogP contribution is -2.11. The van der Waals surface area contributed by atoms with Gasteiger partial charge in [-0.25, -0.2) is 0 Å². The number of rotatable bonds is 5. The monoisotopic (exact) mass is 354 g/mol. The molecule has 2 rings (SSSR count). The molecule has 0 aliphatic carbocycles. The van der Waals surface area contributed by atoms with E-state index in [-0.39, 0.29) is 16.9 Å². The van der Waals surface area contributed by atoms with E-state index in [1.165, 1.54) is 25.3 Å². The minimum Gasteiger partial charge on any atom is -0.865 e. The summed E-state index contributed by atoms with van der Waals surface area (Å²) in [5.41, 5.74) is 1.37. The number of benzene rings is 2. The molecule has 0 spiro atoms. The molecule has 0 unspecified atom stereocenters. The molecule has 0 fully saturated rings. The number of nitrogens with zero attached hydrogens (tertiary/aromatic N) is 1. The van der Waals surface area contributed by atoms with Gasteiger partial charge in [0, 0.05) is 17.4 Å². The van der Waals surface area contributed by atoms with Crippen LogP contribution in [0.1, 0.15) is 42.3 Å². The second-order valence-electron chi connectivity index (χ2n) is 6.85. The average molecular weight is 354 g/mol. The van der Waals surface area contributed by atoms with Gasteiger partial charge >= 0.3 is 0 Å². The number of hydrogen-bond donors (Lipinski definition) is 0. The van der Waals surface area contributed by atoms with Gasteiger partial charge in [0.15, 0.2) is 5.78 Å².